The van der Waals surface area contributed by atoms with E-state index < -0.39 is 0 Å². The smallest absolute Gasteiger partial charge is 0.0279 e. The second-order valence-electron chi connectivity index (χ2n) is 5.37. The van der Waals surface area contributed by atoms with Gasteiger partial charge in [0.05, 0.1) is 0 Å². The number of rotatable bonds is 8. The molecule has 98 valence electrons. The molecule has 0 saturated heterocycles. The molecule has 16 heavy (non-hydrogen) atoms. The van der Waals surface area contributed by atoms with Crippen LogP contribution in [0.1, 0.15) is 27.7 Å². The molecule has 0 aliphatic heterocycles. The van der Waals surface area contributed by atoms with Crippen LogP contribution >= 0.6 is 0 Å². The van der Waals surface area contributed by atoms with Crippen LogP contribution in [-0.4, -0.2) is 61.2 Å². The van der Waals surface area contributed by atoms with Crippen molar-refractivity contribution in [1.29, 1.82) is 0 Å². The Morgan fingerprint density at radius 2 is 1.50 bits per heavy atom. The van der Waals surface area contributed by atoms with Gasteiger partial charge in [0.1, 0.15) is 0 Å². The van der Waals surface area contributed by atoms with Gasteiger partial charge in [-0.3, -0.25) is 9.80 Å². The number of nitrogens with two attached hydrogens (primary N) is 2. The van der Waals surface area contributed by atoms with E-state index in [9.17, 15) is 0 Å². The molecular weight excluding hydrogens is 200 g/mol. The zero-order valence-corrected chi connectivity index (χ0v) is 11.7. The molecule has 0 aliphatic rings. The van der Waals surface area contributed by atoms with E-state index in [1.54, 1.807) is 0 Å². The third-order valence-electron chi connectivity index (χ3n) is 3.23. The highest BCUT2D eigenvalue weighted by atomic mass is 15.2. The van der Waals surface area contributed by atoms with Crippen molar-refractivity contribution in [3.63, 3.8) is 0 Å². The summed E-state index contributed by atoms with van der Waals surface area (Å²) in [5.74, 6) is 0. The summed E-state index contributed by atoms with van der Waals surface area (Å²) >= 11 is 0. The fourth-order valence-electron chi connectivity index (χ4n) is 1.99. The Morgan fingerprint density at radius 1 is 1.06 bits per heavy atom. The molecule has 0 aromatic rings. The first kappa shape index (κ1) is 15.8. The van der Waals surface area contributed by atoms with Crippen LogP contribution in [0.4, 0.5) is 0 Å². The number of hydrogen-bond donors (Lipinski definition) is 2. The predicted molar refractivity (Wildman–Crippen MR) is 71.5 cm³/mol. The molecule has 0 saturated carbocycles. The first-order valence-electron chi connectivity index (χ1n) is 6.20. The molecule has 0 heterocycles. The van der Waals surface area contributed by atoms with E-state index in [-0.39, 0.29) is 5.54 Å². The van der Waals surface area contributed by atoms with Crippen LogP contribution in [0.25, 0.3) is 0 Å². The molecule has 4 heteroatoms. The van der Waals surface area contributed by atoms with Gasteiger partial charge in [0.25, 0.3) is 0 Å². The van der Waals surface area contributed by atoms with Crippen LogP contribution in [0.5, 0.6) is 0 Å². The van der Waals surface area contributed by atoms with E-state index in [4.69, 9.17) is 11.5 Å². The molecule has 0 aromatic carbocycles. The van der Waals surface area contributed by atoms with Gasteiger partial charge in [-0.1, -0.05) is 0 Å². The number of hydrogen-bond acceptors (Lipinski definition) is 4. The van der Waals surface area contributed by atoms with E-state index in [0.29, 0.717) is 19.1 Å². The van der Waals surface area contributed by atoms with Gasteiger partial charge in [0, 0.05) is 44.3 Å². The lowest BCUT2D eigenvalue weighted by atomic mass is 10.0. The van der Waals surface area contributed by atoms with E-state index >= 15 is 0 Å². The van der Waals surface area contributed by atoms with Crippen LogP contribution < -0.4 is 11.5 Å². The molecule has 0 bridgehead atoms. The van der Waals surface area contributed by atoms with Crippen molar-refractivity contribution >= 4 is 0 Å². The zero-order chi connectivity index (χ0) is 12.8. The van der Waals surface area contributed by atoms with Gasteiger partial charge in [-0.25, -0.2) is 0 Å². The van der Waals surface area contributed by atoms with Crippen LogP contribution in [0.15, 0.2) is 0 Å². The summed E-state index contributed by atoms with van der Waals surface area (Å²) in [6, 6.07) is 0.549. The van der Waals surface area contributed by atoms with Gasteiger partial charge in [-0.2, -0.15) is 0 Å². The largest absolute Gasteiger partial charge is 0.329 e. The first-order chi connectivity index (χ1) is 7.35. The molecule has 0 rings (SSSR count). The maximum absolute atomic E-state index is 5.62. The molecule has 0 amide bonds. The van der Waals surface area contributed by atoms with Gasteiger partial charge in [-0.15, -0.1) is 0 Å². The SMILES string of the molecule is CC(C)N(C)C(C)(C)CN(CCN)CCN. The molecule has 0 unspecified atom stereocenters. The summed E-state index contributed by atoms with van der Waals surface area (Å²) in [5.41, 5.74) is 11.4. The van der Waals surface area contributed by atoms with Crippen LogP contribution in [0.3, 0.4) is 0 Å². The van der Waals surface area contributed by atoms with Gasteiger partial charge in [0.15, 0.2) is 0 Å². The summed E-state index contributed by atoms with van der Waals surface area (Å²) in [6.45, 7) is 13.2. The van der Waals surface area contributed by atoms with Gasteiger partial charge in [0.2, 0.25) is 0 Å². The summed E-state index contributed by atoms with van der Waals surface area (Å²) in [7, 11) is 2.17. The number of nitrogens with zero attached hydrogens (tertiary/aromatic N) is 2. The average Bonchev–Trinajstić information content (AvgIpc) is 2.16. The van der Waals surface area contributed by atoms with Crippen molar-refractivity contribution in [1.82, 2.24) is 9.80 Å². The van der Waals surface area contributed by atoms with Crippen molar-refractivity contribution in [3.8, 4) is 0 Å². The highest BCUT2D eigenvalue weighted by molar-refractivity contribution is 4.85. The molecule has 0 aliphatic carbocycles. The lowest BCUT2D eigenvalue weighted by Crippen LogP contribution is -2.53. The Morgan fingerprint density at radius 3 is 1.81 bits per heavy atom. The second kappa shape index (κ2) is 7.22. The normalized spacial score (nSPS) is 13.1. The molecule has 0 atom stereocenters. The van der Waals surface area contributed by atoms with Crippen LogP contribution in [0.2, 0.25) is 0 Å². The molecule has 4 N–H and O–H groups in total. The van der Waals surface area contributed by atoms with Crippen LogP contribution in [0, 0.1) is 0 Å². The van der Waals surface area contributed by atoms with Crippen LogP contribution in [-0.2, 0) is 0 Å². The van der Waals surface area contributed by atoms with E-state index in [0.717, 1.165) is 19.6 Å². The maximum atomic E-state index is 5.62. The quantitative estimate of drug-likeness (QED) is 0.631. The van der Waals surface area contributed by atoms with Crippen molar-refractivity contribution in [2.24, 2.45) is 11.5 Å². The average molecular weight is 230 g/mol. The summed E-state index contributed by atoms with van der Waals surface area (Å²) in [4.78, 5) is 4.74. The summed E-state index contributed by atoms with van der Waals surface area (Å²) in [6.07, 6.45) is 0. The lowest BCUT2D eigenvalue weighted by molar-refractivity contribution is 0.0748. The van der Waals surface area contributed by atoms with Crippen molar-refractivity contribution in [3.05, 3.63) is 0 Å². The second-order valence-corrected chi connectivity index (χ2v) is 5.37. The van der Waals surface area contributed by atoms with Crippen molar-refractivity contribution in [2.45, 2.75) is 39.3 Å². The molecular formula is C12H30N4. The Kier molecular flexibility index (Phi) is 7.15. The topological polar surface area (TPSA) is 58.5 Å². The number of likely N-dealkylation sites (N-methyl/N-ethyl adjacent to an activating group) is 1. The third-order valence-corrected chi connectivity index (χ3v) is 3.23. The minimum absolute atomic E-state index is 0.151. The predicted octanol–water partition coefficient (Wildman–Crippen LogP) is 0.325. The van der Waals surface area contributed by atoms with Gasteiger partial charge >= 0.3 is 0 Å². The summed E-state index contributed by atoms with van der Waals surface area (Å²) < 4.78 is 0. The Bertz CT molecular complexity index is 174. The Hall–Kier alpha value is -0.160. The summed E-state index contributed by atoms with van der Waals surface area (Å²) in [5, 5.41) is 0. The highest BCUT2D eigenvalue weighted by Gasteiger charge is 2.27. The van der Waals surface area contributed by atoms with Crippen molar-refractivity contribution < 1.29 is 0 Å². The monoisotopic (exact) mass is 230 g/mol. The molecule has 4 nitrogen and oxygen atoms in total. The van der Waals surface area contributed by atoms with Crippen molar-refractivity contribution in [2.75, 3.05) is 39.8 Å². The van der Waals surface area contributed by atoms with E-state index in [1.807, 2.05) is 0 Å². The minimum Gasteiger partial charge on any atom is -0.329 e. The zero-order valence-electron chi connectivity index (χ0n) is 11.7. The van der Waals surface area contributed by atoms with Gasteiger partial charge < -0.3 is 11.5 Å². The van der Waals surface area contributed by atoms with E-state index in [1.165, 1.54) is 0 Å². The fraction of sp³-hybridized carbons (Fsp3) is 1.00. The Balaban J connectivity index is 4.38. The molecule has 0 spiro atoms. The minimum atomic E-state index is 0.151. The lowest BCUT2D eigenvalue weighted by Gasteiger charge is -2.42. The highest BCUT2D eigenvalue weighted by Crippen LogP contribution is 2.16. The Labute approximate surface area is 101 Å². The third kappa shape index (κ3) is 5.25. The molecule has 0 fully saturated rings. The molecule has 0 radical (unpaired) electrons. The first-order valence-corrected chi connectivity index (χ1v) is 6.20. The fourth-order valence-corrected chi connectivity index (χ4v) is 1.99. The standard InChI is InChI=1S/C12H30N4/c1-11(2)15(5)12(3,4)10-16(8-6-13)9-7-14/h11H,6-10,13-14H2,1-5H3. The van der Waals surface area contributed by atoms with Gasteiger partial charge in [-0.05, 0) is 34.7 Å². The van der Waals surface area contributed by atoms with E-state index in [2.05, 4.69) is 44.5 Å². The molecule has 0 aromatic heterocycles. The maximum Gasteiger partial charge on any atom is 0.0279 e.